The first kappa shape index (κ1) is 30.7. The summed E-state index contributed by atoms with van der Waals surface area (Å²) in [6.07, 6.45) is 16.3. The van der Waals surface area contributed by atoms with Gasteiger partial charge in [-0.15, -0.1) is 0 Å². The molecule has 0 aromatic heterocycles. The molecule has 2 rings (SSSR count). The van der Waals surface area contributed by atoms with Crippen molar-refractivity contribution in [2.24, 2.45) is 0 Å². The van der Waals surface area contributed by atoms with Crippen molar-refractivity contribution in [2.45, 2.75) is 123 Å². The number of esters is 1. The van der Waals surface area contributed by atoms with Crippen molar-refractivity contribution in [2.75, 3.05) is 6.61 Å². The zero-order valence-electron chi connectivity index (χ0n) is 23.6. The van der Waals surface area contributed by atoms with E-state index in [-0.39, 0.29) is 12.1 Å². The van der Waals surface area contributed by atoms with Crippen LogP contribution in [0.5, 0.6) is 11.5 Å². The van der Waals surface area contributed by atoms with Crippen LogP contribution in [-0.2, 0) is 11.3 Å². The lowest BCUT2D eigenvalue weighted by atomic mass is 10.0. The predicted molar refractivity (Wildman–Crippen MR) is 154 cm³/mol. The number of benzene rings is 2. The fourth-order valence-corrected chi connectivity index (χ4v) is 4.33. The maximum absolute atomic E-state index is 12.8. The highest BCUT2D eigenvalue weighted by Gasteiger charge is 2.16. The van der Waals surface area contributed by atoms with Gasteiger partial charge in [0.05, 0.1) is 12.2 Å². The molecule has 0 aliphatic heterocycles. The van der Waals surface area contributed by atoms with Gasteiger partial charge in [0.25, 0.3) is 0 Å². The lowest BCUT2D eigenvalue weighted by Crippen LogP contribution is -2.18. The molecule has 206 valence electrons. The summed E-state index contributed by atoms with van der Waals surface area (Å²) in [7, 11) is 0. The molecule has 4 heteroatoms. The Labute approximate surface area is 226 Å². The highest BCUT2D eigenvalue weighted by molar-refractivity contribution is 5.89. The molecule has 2 aromatic rings. The van der Waals surface area contributed by atoms with Crippen LogP contribution < -0.4 is 9.47 Å². The zero-order valence-corrected chi connectivity index (χ0v) is 23.6. The van der Waals surface area contributed by atoms with Crippen molar-refractivity contribution < 1.29 is 19.0 Å². The number of rotatable bonds is 21. The van der Waals surface area contributed by atoms with Crippen LogP contribution in [0, 0.1) is 0 Å². The van der Waals surface area contributed by atoms with Gasteiger partial charge >= 0.3 is 5.97 Å². The number of carbonyl (C=O) groups excluding carboxylic acids is 1. The second-order valence-electron chi connectivity index (χ2n) is 10.1. The molecule has 4 nitrogen and oxygen atoms in total. The van der Waals surface area contributed by atoms with Crippen molar-refractivity contribution in [1.82, 2.24) is 0 Å². The van der Waals surface area contributed by atoms with Crippen LogP contribution in [0.25, 0.3) is 0 Å². The average Bonchev–Trinajstić information content (AvgIpc) is 2.93. The Bertz CT molecular complexity index is 816. The van der Waals surface area contributed by atoms with Crippen molar-refractivity contribution in [3.63, 3.8) is 0 Å². The van der Waals surface area contributed by atoms with Gasteiger partial charge < -0.3 is 14.2 Å². The molecule has 0 atom stereocenters. The Kier molecular flexibility index (Phi) is 16.3. The van der Waals surface area contributed by atoms with Crippen LogP contribution in [0.1, 0.15) is 127 Å². The summed E-state index contributed by atoms with van der Waals surface area (Å²) in [6, 6.07) is 15.4. The molecule has 37 heavy (non-hydrogen) atoms. The van der Waals surface area contributed by atoms with E-state index >= 15 is 0 Å². The minimum absolute atomic E-state index is 0.0143. The third-order valence-corrected chi connectivity index (χ3v) is 6.72. The van der Waals surface area contributed by atoms with Gasteiger partial charge in [-0.3, -0.25) is 0 Å². The summed E-state index contributed by atoms with van der Waals surface area (Å²) in [5.41, 5.74) is 1.66. The Morgan fingerprint density at radius 3 is 1.70 bits per heavy atom. The molecule has 0 saturated heterocycles. The van der Waals surface area contributed by atoms with E-state index in [1.54, 1.807) is 12.1 Å². The molecule has 0 amide bonds. The topological polar surface area (TPSA) is 44.8 Å². The molecule has 0 unspecified atom stereocenters. The molecule has 0 aliphatic carbocycles. The summed E-state index contributed by atoms with van der Waals surface area (Å²) >= 11 is 0. The van der Waals surface area contributed by atoms with E-state index in [0.29, 0.717) is 12.2 Å². The lowest BCUT2D eigenvalue weighted by molar-refractivity contribution is 0.0249. The van der Waals surface area contributed by atoms with Crippen LogP contribution in [-0.4, -0.2) is 18.7 Å². The van der Waals surface area contributed by atoms with E-state index in [9.17, 15) is 4.79 Å². The van der Waals surface area contributed by atoms with E-state index < -0.39 is 0 Å². The van der Waals surface area contributed by atoms with Gasteiger partial charge in [-0.1, -0.05) is 90.7 Å². The summed E-state index contributed by atoms with van der Waals surface area (Å²) in [5.74, 6) is 1.41. The SMILES string of the molecule is CCCCCCOc1ccc(COc2ccc(C(=O)OC(CCCCCC)CCCCCC)cc2)cc1. The molecule has 2 aromatic carbocycles. The second-order valence-corrected chi connectivity index (χ2v) is 10.1. The van der Waals surface area contributed by atoms with Crippen LogP contribution in [0.15, 0.2) is 48.5 Å². The number of hydrogen-bond acceptors (Lipinski definition) is 4. The number of hydrogen-bond donors (Lipinski definition) is 0. The van der Waals surface area contributed by atoms with E-state index in [4.69, 9.17) is 14.2 Å². The summed E-state index contributed by atoms with van der Waals surface area (Å²) in [6.45, 7) is 7.89. The fraction of sp³-hybridized carbons (Fsp3) is 0.606. The zero-order chi connectivity index (χ0) is 26.6. The largest absolute Gasteiger partial charge is 0.494 e. The first-order valence-electron chi connectivity index (χ1n) is 14.8. The first-order valence-corrected chi connectivity index (χ1v) is 14.8. The van der Waals surface area contributed by atoms with Gasteiger partial charge in [0, 0.05) is 0 Å². The first-order chi connectivity index (χ1) is 18.2. The Hall–Kier alpha value is -2.49. The molecule has 0 fully saturated rings. The predicted octanol–water partition coefficient (Wildman–Crippen LogP) is 9.69. The molecule has 0 aliphatic rings. The molecule has 0 N–H and O–H groups in total. The van der Waals surface area contributed by atoms with E-state index in [1.807, 2.05) is 36.4 Å². The number of carbonyl (C=O) groups is 1. The smallest absolute Gasteiger partial charge is 0.338 e. The maximum Gasteiger partial charge on any atom is 0.338 e. The van der Waals surface area contributed by atoms with Gasteiger partial charge in [0.2, 0.25) is 0 Å². The van der Waals surface area contributed by atoms with Crippen molar-refractivity contribution in [3.8, 4) is 11.5 Å². The summed E-state index contributed by atoms with van der Waals surface area (Å²) in [5, 5.41) is 0. The molecular weight excluding hydrogens is 460 g/mol. The highest BCUT2D eigenvalue weighted by atomic mass is 16.5. The lowest BCUT2D eigenvalue weighted by Gasteiger charge is -2.18. The second kappa shape index (κ2) is 19.6. The molecular formula is C33H50O4. The van der Waals surface area contributed by atoms with Crippen LogP contribution in [0.2, 0.25) is 0 Å². The van der Waals surface area contributed by atoms with E-state index in [1.165, 1.54) is 57.8 Å². The minimum Gasteiger partial charge on any atom is -0.494 e. The van der Waals surface area contributed by atoms with Gasteiger partial charge in [-0.2, -0.15) is 0 Å². The molecule has 0 bridgehead atoms. The minimum atomic E-state index is -0.229. The third-order valence-electron chi connectivity index (χ3n) is 6.72. The monoisotopic (exact) mass is 510 g/mol. The van der Waals surface area contributed by atoms with Gasteiger partial charge in [0.1, 0.15) is 24.2 Å². The normalized spacial score (nSPS) is 11.0. The average molecular weight is 511 g/mol. The molecule has 0 spiro atoms. The molecule has 0 heterocycles. The van der Waals surface area contributed by atoms with E-state index in [0.717, 1.165) is 55.8 Å². The van der Waals surface area contributed by atoms with Gasteiger partial charge in [0.15, 0.2) is 0 Å². The third kappa shape index (κ3) is 13.6. The van der Waals surface area contributed by atoms with Crippen LogP contribution in [0.3, 0.4) is 0 Å². The standard InChI is InChI=1S/C33H50O4/c1-4-7-10-13-16-32(17-14-11-8-5-2)37-33(34)29-20-24-31(25-21-29)36-27-28-18-22-30(23-19-28)35-26-15-12-9-6-3/h18-25,32H,4-17,26-27H2,1-3H3. The van der Waals surface area contributed by atoms with Gasteiger partial charge in [-0.05, 0) is 74.1 Å². The summed E-state index contributed by atoms with van der Waals surface area (Å²) < 4.78 is 17.7. The Morgan fingerprint density at radius 1 is 0.622 bits per heavy atom. The quantitative estimate of drug-likeness (QED) is 0.124. The van der Waals surface area contributed by atoms with E-state index in [2.05, 4.69) is 20.8 Å². The van der Waals surface area contributed by atoms with Crippen LogP contribution in [0.4, 0.5) is 0 Å². The Balaban J connectivity index is 1.78. The van der Waals surface area contributed by atoms with Crippen molar-refractivity contribution >= 4 is 5.97 Å². The highest BCUT2D eigenvalue weighted by Crippen LogP contribution is 2.20. The van der Waals surface area contributed by atoms with Crippen LogP contribution >= 0.6 is 0 Å². The van der Waals surface area contributed by atoms with Crippen molar-refractivity contribution in [1.29, 1.82) is 0 Å². The molecule has 0 radical (unpaired) electrons. The Morgan fingerprint density at radius 2 is 1.14 bits per heavy atom. The van der Waals surface area contributed by atoms with Crippen molar-refractivity contribution in [3.05, 3.63) is 59.7 Å². The molecule has 0 saturated carbocycles. The number of unbranched alkanes of at least 4 members (excludes halogenated alkanes) is 9. The maximum atomic E-state index is 12.8. The number of ether oxygens (including phenoxy) is 3. The van der Waals surface area contributed by atoms with Gasteiger partial charge in [-0.25, -0.2) is 4.79 Å². The summed E-state index contributed by atoms with van der Waals surface area (Å²) in [4.78, 5) is 12.8. The fourth-order valence-electron chi connectivity index (χ4n) is 4.33.